The second-order valence-corrected chi connectivity index (χ2v) is 2.18. The maximum Gasteiger partial charge on any atom is 0.331 e. The van der Waals surface area contributed by atoms with Crippen molar-refractivity contribution in [3.8, 4) is 0 Å². The number of hydrogen-bond donors (Lipinski definition) is 2. The molecule has 0 aliphatic rings. The van der Waals surface area contributed by atoms with Crippen molar-refractivity contribution in [2.24, 2.45) is 0 Å². The van der Waals surface area contributed by atoms with Gasteiger partial charge in [-0.2, -0.15) is 0 Å². The number of carboxylic acids is 1. The molecule has 0 unspecified atom stereocenters. The minimum atomic E-state index is -0.911. The summed E-state index contributed by atoms with van der Waals surface area (Å²) in [7, 11) is 0. The van der Waals surface area contributed by atoms with Crippen molar-refractivity contribution >= 4 is 5.97 Å². The average Bonchev–Trinajstić information content (AvgIpc) is 1.87. The van der Waals surface area contributed by atoms with Crippen molar-refractivity contribution in [1.82, 2.24) is 0 Å². The van der Waals surface area contributed by atoms with Crippen LogP contribution in [0, 0.1) is 0 Å². The van der Waals surface area contributed by atoms with Gasteiger partial charge < -0.3 is 10.2 Å². The maximum absolute atomic E-state index is 10.3. The molecule has 0 saturated carbocycles. The van der Waals surface area contributed by atoms with E-state index in [9.17, 15) is 4.79 Å². The Bertz CT molecular complexity index is 158. The fourth-order valence-electron chi connectivity index (χ4n) is 0.538. The van der Waals surface area contributed by atoms with E-state index < -0.39 is 5.97 Å². The Labute approximate surface area is 60.0 Å². The summed E-state index contributed by atoms with van der Waals surface area (Å²) >= 11 is 0. The molecule has 0 rings (SSSR count). The van der Waals surface area contributed by atoms with Gasteiger partial charge in [-0.3, -0.25) is 0 Å². The lowest BCUT2D eigenvalue weighted by Crippen LogP contribution is -2.00. The van der Waals surface area contributed by atoms with E-state index in [1.165, 1.54) is 6.92 Å². The Hall–Kier alpha value is -0.830. The first-order valence-corrected chi connectivity index (χ1v) is 3.10. The van der Waals surface area contributed by atoms with Crippen molar-refractivity contribution < 1.29 is 15.0 Å². The van der Waals surface area contributed by atoms with Gasteiger partial charge in [0, 0.05) is 12.2 Å². The molecule has 58 valence electrons. The standard InChI is InChI=1S/C7H12O3/c1-5(3-4-8)6(2)7(9)10/h8H,3-4H2,1-2H3,(H,9,10)/b6-5+. The molecular formula is C7H12O3. The summed E-state index contributed by atoms with van der Waals surface area (Å²) in [6, 6.07) is 0. The molecule has 0 aliphatic heterocycles. The fourth-order valence-corrected chi connectivity index (χ4v) is 0.538. The fraction of sp³-hybridized carbons (Fsp3) is 0.571. The molecule has 2 N–H and O–H groups in total. The van der Waals surface area contributed by atoms with Crippen LogP contribution in [0.2, 0.25) is 0 Å². The van der Waals surface area contributed by atoms with E-state index in [1.807, 2.05) is 0 Å². The number of hydrogen-bond acceptors (Lipinski definition) is 2. The highest BCUT2D eigenvalue weighted by molar-refractivity contribution is 5.86. The molecule has 0 spiro atoms. The molecule has 0 fully saturated rings. The van der Waals surface area contributed by atoms with Gasteiger partial charge in [0.15, 0.2) is 0 Å². The van der Waals surface area contributed by atoms with Crippen LogP contribution in [0.4, 0.5) is 0 Å². The predicted molar refractivity (Wildman–Crippen MR) is 37.7 cm³/mol. The molecule has 0 aromatic rings. The van der Waals surface area contributed by atoms with E-state index in [1.54, 1.807) is 6.92 Å². The van der Waals surface area contributed by atoms with Gasteiger partial charge in [0.2, 0.25) is 0 Å². The third-order valence-corrected chi connectivity index (χ3v) is 1.45. The van der Waals surface area contributed by atoms with Gasteiger partial charge >= 0.3 is 5.97 Å². The van der Waals surface area contributed by atoms with Crippen LogP contribution in [0.1, 0.15) is 20.3 Å². The molecule has 0 heterocycles. The Morgan fingerprint density at radius 1 is 1.40 bits per heavy atom. The quantitative estimate of drug-likeness (QED) is 0.576. The van der Waals surface area contributed by atoms with Crippen molar-refractivity contribution in [2.75, 3.05) is 6.61 Å². The third kappa shape index (κ3) is 2.64. The lowest BCUT2D eigenvalue weighted by atomic mass is 10.1. The number of carbonyl (C=O) groups is 1. The predicted octanol–water partition coefficient (Wildman–Crippen LogP) is 0.790. The molecule has 0 aromatic carbocycles. The topological polar surface area (TPSA) is 57.5 Å². The molecule has 3 heteroatoms. The number of aliphatic hydroxyl groups excluding tert-OH is 1. The van der Waals surface area contributed by atoms with Crippen molar-refractivity contribution in [2.45, 2.75) is 20.3 Å². The highest BCUT2D eigenvalue weighted by Crippen LogP contribution is 2.06. The normalized spacial score (nSPS) is 12.7. The summed E-state index contributed by atoms with van der Waals surface area (Å²) in [6.45, 7) is 3.25. The second-order valence-electron chi connectivity index (χ2n) is 2.18. The van der Waals surface area contributed by atoms with Crippen molar-refractivity contribution in [1.29, 1.82) is 0 Å². The number of rotatable bonds is 3. The number of carboxylic acid groups (broad SMARTS) is 1. The van der Waals surface area contributed by atoms with Gasteiger partial charge in [-0.05, 0) is 20.3 Å². The second kappa shape index (κ2) is 4.06. The number of aliphatic carboxylic acids is 1. The number of aliphatic hydroxyl groups is 1. The Kier molecular flexibility index (Phi) is 3.72. The van der Waals surface area contributed by atoms with E-state index in [0.29, 0.717) is 12.0 Å². The molecule has 0 aromatic heterocycles. The first kappa shape index (κ1) is 9.17. The molecule has 0 radical (unpaired) electrons. The van der Waals surface area contributed by atoms with Gasteiger partial charge in [0.25, 0.3) is 0 Å². The van der Waals surface area contributed by atoms with Crippen molar-refractivity contribution in [3.63, 3.8) is 0 Å². The Morgan fingerprint density at radius 2 is 1.90 bits per heavy atom. The monoisotopic (exact) mass is 144 g/mol. The summed E-state index contributed by atoms with van der Waals surface area (Å²) in [6.07, 6.45) is 0.443. The molecular weight excluding hydrogens is 132 g/mol. The zero-order valence-electron chi connectivity index (χ0n) is 6.22. The first-order valence-electron chi connectivity index (χ1n) is 3.10. The van der Waals surface area contributed by atoms with E-state index in [4.69, 9.17) is 10.2 Å². The largest absolute Gasteiger partial charge is 0.478 e. The molecule has 0 atom stereocenters. The molecule has 0 bridgehead atoms. The van der Waals surface area contributed by atoms with Gasteiger partial charge in [0.05, 0.1) is 0 Å². The molecule has 0 amide bonds. The summed E-state index contributed by atoms with van der Waals surface area (Å²) in [4.78, 5) is 10.3. The van der Waals surface area contributed by atoms with E-state index >= 15 is 0 Å². The van der Waals surface area contributed by atoms with Gasteiger partial charge in [-0.15, -0.1) is 0 Å². The van der Waals surface area contributed by atoms with Crippen LogP contribution in [-0.4, -0.2) is 22.8 Å². The summed E-state index contributed by atoms with van der Waals surface area (Å²) in [5.41, 5.74) is 1.06. The molecule has 0 aliphatic carbocycles. The Morgan fingerprint density at radius 3 is 2.20 bits per heavy atom. The van der Waals surface area contributed by atoms with E-state index in [0.717, 1.165) is 5.57 Å². The summed E-state index contributed by atoms with van der Waals surface area (Å²) < 4.78 is 0. The zero-order valence-corrected chi connectivity index (χ0v) is 6.22. The van der Waals surface area contributed by atoms with Crippen molar-refractivity contribution in [3.05, 3.63) is 11.1 Å². The van der Waals surface area contributed by atoms with Gasteiger partial charge in [-0.1, -0.05) is 5.57 Å². The Balaban J connectivity index is 4.19. The minimum Gasteiger partial charge on any atom is -0.478 e. The highest BCUT2D eigenvalue weighted by Gasteiger charge is 2.03. The third-order valence-electron chi connectivity index (χ3n) is 1.45. The van der Waals surface area contributed by atoms with Crippen LogP contribution in [0.15, 0.2) is 11.1 Å². The lowest BCUT2D eigenvalue weighted by Gasteiger charge is -1.99. The van der Waals surface area contributed by atoms with Gasteiger partial charge in [0.1, 0.15) is 0 Å². The van der Waals surface area contributed by atoms with Gasteiger partial charge in [-0.25, -0.2) is 4.79 Å². The first-order chi connectivity index (χ1) is 4.59. The zero-order chi connectivity index (χ0) is 8.15. The maximum atomic E-state index is 10.3. The SMILES string of the molecule is C/C(CCO)=C(/C)C(=O)O. The van der Waals surface area contributed by atoms with Crippen LogP contribution in [-0.2, 0) is 4.79 Å². The summed E-state index contributed by atoms with van der Waals surface area (Å²) in [5.74, 6) is -0.911. The van der Waals surface area contributed by atoms with Crippen LogP contribution in [0.5, 0.6) is 0 Å². The lowest BCUT2D eigenvalue weighted by molar-refractivity contribution is -0.132. The van der Waals surface area contributed by atoms with Crippen LogP contribution < -0.4 is 0 Å². The molecule has 3 nitrogen and oxygen atoms in total. The van der Waals surface area contributed by atoms with E-state index in [-0.39, 0.29) is 6.61 Å². The summed E-state index contributed by atoms with van der Waals surface area (Å²) in [5, 5.41) is 16.9. The molecule has 10 heavy (non-hydrogen) atoms. The molecule has 0 saturated heterocycles. The van der Waals surface area contributed by atoms with E-state index in [2.05, 4.69) is 0 Å². The van der Waals surface area contributed by atoms with Crippen LogP contribution in [0.3, 0.4) is 0 Å². The highest BCUT2D eigenvalue weighted by atomic mass is 16.4. The smallest absolute Gasteiger partial charge is 0.331 e. The van der Waals surface area contributed by atoms with Crippen LogP contribution >= 0.6 is 0 Å². The average molecular weight is 144 g/mol. The van der Waals surface area contributed by atoms with Crippen LogP contribution in [0.25, 0.3) is 0 Å². The minimum absolute atomic E-state index is 0.0104.